The van der Waals surface area contributed by atoms with E-state index in [2.05, 4.69) is 15.0 Å². The first kappa shape index (κ1) is 22.5. The van der Waals surface area contributed by atoms with Crippen LogP contribution in [0.1, 0.15) is 11.3 Å². The Bertz CT molecular complexity index is 1590. The Labute approximate surface area is 198 Å². The van der Waals surface area contributed by atoms with Crippen molar-refractivity contribution in [3.63, 3.8) is 0 Å². The third-order valence-corrected chi connectivity index (χ3v) is 5.77. The molecule has 2 heterocycles. The molecule has 176 valence electrons. The number of nitrogens with zero attached hydrogens (tertiary/aromatic N) is 2. The first-order valence-corrected chi connectivity index (χ1v) is 10.9. The number of hydrogen-bond donors (Lipinski definition) is 1. The maximum Gasteiger partial charge on any atom is 0.573 e. The summed E-state index contributed by atoms with van der Waals surface area (Å²) < 4.78 is 42.9. The van der Waals surface area contributed by atoms with E-state index in [1.54, 1.807) is 19.2 Å². The van der Waals surface area contributed by atoms with Gasteiger partial charge >= 0.3 is 6.36 Å². The molecule has 1 N–H and O–H groups in total. The number of alkyl halides is 3. The molecule has 0 aliphatic heterocycles. The van der Waals surface area contributed by atoms with Crippen LogP contribution in [0.25, 0.3) is 27.2 Å². The molecular formula is C27H20F3N3O2. The number of rotatable bonds is 5. The summed E-state index contributed by atoms with van der Waals surface area (Å²) in [6.07, 6.45) is -3.15. The Hall–Kier alpha value is -4.33. The van der Waals surface area contributed by atoms with E-state index in [9.17, 15) is 18.0 Å². The first-order chi connectivity index (χ1) is 16.8. The second-order valence-corrected chi connectivity index (χ2v) is 8.08. The number of nitrogens with one attached hydrogen (secondary N) is 1. The predicted octanol–water partition coefficient (Wildman–Crippen LogP) is 6.36. The van der Waals surface area contributed by atoms with Crippen LogP contribution in [0.15, 0.2) is 89.9 Å². The van der Waals surface area contributed by atoms with Crippen LogP contribution in [0.4, 0.5) is 19.0 Å². The fourth-order valence-electron chi connectivity index (χ4n) is 4.26. The second-order valence-electron chi connectivity index (χ2n) is 8.08. The average Bonchev–Trinajstić information content (AvgIpc) is 2.82. The number of hydrogen-bond acceptors (Lipinski definition) is 4. The molecule has 8 heteroatoms. The van der Waals surface area contributed by atoms with Gasteiger partial charge < -0.3 is 10.1 Å². The summed E-state index contributed by atoms with van der Waals surface area (Å²) in [5, 5.41) is 6.64. The molecule has 2 aromatic heterocycles. The molecule has 35 heavy (non-hydrogen) atoms. The van der Waals surface area contributed by atoms with Gasteiger partial charge in [-0.1, -0.05) is 42.5 Å². The van der Waals surface area contributed by atoms with E-state index in [4.69, 9.17) is 0 Å². The summed E-state index contributed by atoms with van der Waals surface area (Å²) in [5.74, 6) is 0.0815. The lowest BCUT2D eigenvalue weighted by molar-refractivity contribution is -0.274. The molecular weight excluding hydrogens is 455 g/mol. The number of aromatic nitrogens is 2. The molecule has 0 amide bonds. The van der Waals surface area contributed by atoms with Crippen LogP contribution >= 0.6 is 0 Å². The van der Waals surface area contributed by atoms with Crippen LogP contribution in [0.5, 0.6) is 5.75 Å². The number of benzene rings is 3. The van der Waals surface area contributed by atoms with Crippen molar-refractivity contribution < 1.29 is 17.9 Å². The van der Waals surface area contributed by atoms with E-state index >= 15 is 0 Å². The van der Waals surface area contributed by atoms with E-state index in [1.807, 2.05) is 48.5 Å². The topological polar surface area (TPSA) is 56.2 Å². The van der Waals surface area contributed by atoms with E-state index in [1.165, 1.54) is 28.8 Å². The summed E-state index contributed by atoms with van der Waals surface area (Å²) in [7, 11) is 0. The third-order valence-electron chi connectivity index (χ3n) is 5.77. The fourth-order valence-corrected chi connectivity index (χ4v) is 4.26. The van der Waals surface area contributed by atoms with E-state index in [-0.39, 0.29) is 11.3 Å². The highest BCUT2D eigenvalue weighted by Crippen LogP contribution is 2.26. The molecule has 5 aromatic rings. The lowest BCUT2D eigenvalue weighted by Crippen LogP contribution is -2.22. The Morgan fingerprint density at radius 3 is 2.46 bits per heavy atom. The minimum atomic E-state index is -4.78. The van der Waals surface area contributed by atoms with Gasteiger partial charge in [0.15, 0.2) is 0 Å². The molecule has 0 saturated carbocycles. The van der Waals surface area contributed by atoms with Crippen LogP contribution < -0.4 is 15.6 Å². The highest BCUT2D eigenvalue weighted by Gasteiger charge is 2.31. The average molecular weight is 475 g/mol. The minimum absolute atomic E-state index is 0.321. The summed E-state index contributed by atoms with van der Waals surface area (Å²) >= 11 is 0. The van der Waals surface area contributed by atoms with Crippen LogP contribution in [0, 0.1) is 6.92 Å². The zero-order valence-electron chi connectivity index (χ0n) is 18.6. The zero-order chi connectivity index (χ0) is 24.6. The van der Waals surface area contributed by atoms with Crippen LogP contribution in [-0.2, 0) is 6.54 Å². The van der Waals surface area contributed by atoms with Crippen molar-refractivity contribution >= 4 is 27.4 Å². The van der Waals surface area contributed by atoms with Gasteiger partial charge in [-0.3, -0.25) is 9.36 Å². The molecule has 0 spiro atoms. The maximum absolute atomic E-state index is 13.6. The quantitative estimate of drug-likeness (QED) is 0.322. The molecule has 0 saturated heterocycles. The van der Waals surface area contributed by atoms with E-state index < -0.39 is 6.36 Å². The van der Waals surface area contributed by atoms with Gasteiger partial charge in [0, 0.05) is 24.1 Å². The van der Waals surface area contributed by atoms with Gasteiger partial charge in [-0.05, 0) is 65.0 Å². The molecule has 0 radical (unpaired) electrons. The summed E-state index contributed by atoms with van der Waals surface area (Å²) in [4.78, 5) is 18.0. The van der Waals surface area contributed by atoms with Gasteiger partial charge in [0.2, 0.25) is 0 Å². The largest absolute Gasteiger partial charge is 0.573 e. The van der Waals surface area contributed by atoms with Gasteiger partial charge in [0.1, 0.15) is 11.6 Å². The second kappa shape index (κ2) is 8.79. The highest BCUT2D eigenvalue weighted by atomic mass is 19.4. The highest BCUT2D eigenvalue weighted by molar-refractivity contribution is 5.92. The molecule has 0 unspecified atom stereocenters. The predicted molar refractivity (Wildman–Crippen MR) is 130 cm³/mol. The molecule has 0 atom stereocenters. The van der Waals surface area contributed by atoms with E-state index in [0.29, 0.717) is 29.1 Å². The zero-order valence-corrected chi connectivity index (χ0v) is 18.6. The Morgan fingerprint density at radius 2 is 1.69 bits per heavy atom. The van der Waals surface area contributed by atoms with Crippen molar-refractivity contribution in [3.8, 4) is 11.4 Å². The number of pyridine rings is 2. The molecule has 0 aliphatic carbocycles. The van der Waals surface area contributed by atoms with Crippen LogP contribution in [0.3, 0.4) is 0 Å². The standard InChI is InChI=1S/C27H20F3N3O2/c1-17-15-19-13-14-31-25(32-16-20-7-4-6-18-5-2-3-8-23(18)20)24(19)26(34)33(17)21-9-11-22(12-10-21)35-27(28,29)30/h2-15H,16H2,1H3,(H,31,32). The van der Waals surface area contributed by atoms with Gasteiger partial charge in [-0.15, -0.1) is 13.2 Å². The normalized spacial score (nSPS) is 11.7. The monoisotopic (exact) mass is 475 g/mol. The van der Waals surface area contributed by atoms with Crippen molar-refractivity contribution in [3.05, 3.63) is 107 Å². The molecule has 5 rings (SSSR count). The summed E-state index contributed by atoms with van der Waals surface area (Å²) in [6, 6.07) is 22.9. The van der Waals surface area contributed by atoms with Gasteiger partial charge in [0.05, 0.1) is 5.39 Å². The summed E-state index contributed by atoms with van der Waals surface area (Å²) in [5.41, 5.74) is 1.80. The van der Waals surface area contributed by atoms with Crippen LogP contribution in [-0.4, -0.2) is 15.9 Å². The smallest absolute Gasteiger partial charge is 0.406 e. The van der Waals surface area contributed by atoms with Crippen molar-refractivity contribution in [2.45, 2.75) is 19.8 Å². The number of ether oxygens (including phenoxy) is 1. The number of anilines is 1. The minimum Gasteiger partial charge on any atom is -0.406 e. The number of fused-ring (bicyclic) bond motifs is 2. The van der Waals surface area contributed by atoms with Gasteiger partial charge in [-0.2, -0.15) is 0 Å². The maximum atomic E-state index is 13.6. The van der Waals surface area contributed by atoms with Crippen LogP contribution in [0.2, 0.25) is 0 Å². The molecule has 3 aromatic carbocycles. The fraction of sp³-hybridized carbons (Fsp3) is 0.111. The lowest BCUT2D eigenvalue weighted by Gasteiger charge is -2.15. The Morgan fingerprint density at radius 1 is 0.943 bits per heavy atom. The van der Waals surface area contributed by atoms with Gasteiger partial charge in [0.25, 0.3) is 5.56 Å². The molecule has 5 nitrogen and oxygen atoms in total. The van der Waals surface area contributed by atoms with Crippen molar-refractivity contribution in [1.82, 2.24) is 9.55 Å². The number of aryl methyl sites for hydroxylation is 1. The van der Waals surface area contributed by atoms with Crippen molar-refractivity contribution in [2.24, 2.45) is 0 Å². The number of halogens is 3. The Kier molecular flexibility index (Phi) is 5.64. The third kappa shape index (κ3) is 4.55. The van der Waals surface area contributed by atoms with Gasteiger partial charge in [-0.25, -0.2) is 4.98 Å². The molecule has 0 fully saturated rings. The summed E-state index contributed by atoms with van der Waals surface area (Å²) in [6.45, 7) is 2.23. The lowest BCUT2D eigenvalue weighted by atomic mass is 10.0. The van der Waals surface area contributed by atoms with E-state index in [0.717, 1.165) is 21.7 Å². The van der Waals surface area contributed by atoms with Crippen molar-refractivity contribution in [2.75, 3.05) is 5.32 Å². The first-order valence-electron chi connectivity index (χ1n) is 10.9. The SMILES string of the molecule is Cc1cc2ccnc(NCc3cccc4ccccc34)c2c(=O)n1-c1ccc(OC(F)(F)F)cc1. The Balaban J connectivity index is 1.53. The van der Waals surface area contributed by atoms with Crippen molar-refractivity contribution in [1.29, 1.82) is 0 Å². The molecule has 0 aliphatic rings. The molecule has 0 bridgehead atoms.